The SMILES string of the molecule is Cc1sc2nc(CNOC3CCCC3)[nH]c(=O)c2c1C. The molecule has 1 aliphatic rings. The number of aromatic amines is 1. The molecule has 0 spiro atoms. The second kappa shape index (κ2) is 5.63. The summed E-state index contributed by atoms with van der Waals surface area (Å²) >= 11 is 1.57. The highest BCUT2D eigenvalue weighted by Gasteiger charge is 2.16. The van der Waals surface area contributed by atoms with Crippen molar-refractivity contribution in [2.45, 2.75) is 52.2 Å². The molecule has 0 saturated heterocycles. The first kappa shape index (κ1) is 13.7. The van der Waals surface area contributed by atoms with Crippen LogP contribution >= 0.6 is 11.3 Å². The molecule has 2 heterocycles. The fourth-order valence-corrected chi connectivity index (χ4v) is 3.67. The average molecular weight is 293 g/mol. The highest BCUT2D eigenvalue weighted by atomic mass is 32.1. The van der Waals surface area contributed by atoms with Gasteiger partial charge < -0.3 is 4.98 Å². The molecule has 1 aliphatic carbocycles. The van der Waals surface area contributed by atoms with Gasteiger partial charge in [0.1, 0.15) is 10.7 Å². The molecule has 3 rings (SSSR count). The minimum absolute atomic E-state index is 0.0606. The maximum absolute atomic E-state index is 12.1. The van der Waals surface area contributed by atoms with E-state index in [1.807, 2.05) is 13.8 Å². The highest BCUT2D eigenvalue weighted by Crippen LogP contribution is 2.25. The number of aryl methyl sites for hydroxylation is 2. The summed E-state index contributed by atoms with van der Waals surface area (Å²) in [6.45, 7) is 4.41. The summed E-state index contributed by atoms with van der Waals surface area (Å²) in [6.07, 6.45) is 5.00. The molecule has 1 fully saturated rings. The first-order valence-electron chi connectivity index (χ1n) is 7.02. The van der Waals surface area contributed by atoms with Crippen LogP contribution in [0.25, 0.3) is 10.2 Å². The fourth-order valence-electron chi connectivity index (χ4n) is 2.62. The fraction of sp³-hybridized carbons (Fsp3) is 0.571. The summed E-state index contributed by atoms with van der Waals surface area (Å²) in [5.41, 5.74) is 3.90. The molecule has 0 aromatic carbocycles. The van der Waals surface area contributed by atoms with Gasteiger partial charge in [0.05, 0.1) is 18.0 Å². The molecule has 2 aromatic rings. The van der Waals surface area contributed by atoms with Gasteiger partial charge in [-0.1, -0.05) is 12.8 Å². The lowest BCUT2D eigenvalue weighted by atomic mass is 10.2. The van der Waals surface area contributed by atoms with Crippen LogP contribution in [0, 0.1) is 13.8 Å². The number of hydrogen-bond acceptors (Lipinski definition) is 5. The second-order valence-electron chi connectivity index (χ2n) is 5.32. The maximum Gasteiger partial charge on any atom is 0.259 e. The van der Waals surface area contributed by atoms with E-state index in [0.717, 1.165) is 28.1 Å². The number of nitrogens with one attached hydrogen (secondary N) is 2. The van der Waals surface area contributed by atoms with E-state index in [0.29, 0.717) is 23.9 Å². The van der Waals surface area contributed by atoms with Crippen LogP contribution in [0.2, 0.25) is 0 Å². The number of nitrogens with zero attached hydrogens (tertiary/aromatic N) is 1. The Labute approximate surface area is 121 Å². The van der Waals surface area contributed by atoms with Crippen molar-refractivity contribution in [1.29, 1.82) is 0 Å². The van der Waals surface area contributed by atoms with Gasteiger partial charge in [0.2, 0.25) is 0 Å². The van der Waals surface area contributed by atoms with Crippen LogP contribution in [0.3, 0.4) is 0 Å². The molecule has 108 valence electrons. The zero-order valence-corrected chi connectivity index (χ0v) is 12.6. The van der Waals surface area contributed by atoms with Gasteiger partial charge in [-0.15, -0.1) is 11.3 Å². The minimum Gasteiger partial charge on any atom is -0.309 e. The van der Waals surface area contributed by atoms with Crippen molar-refractivity contribution < 1.29 is 4.84 Å². The van der Waals surface area contributed by atoms with Crippen LogP contribution in [0.15, 0.2) is 4.79 Å². The topological polar surface area (TPSA) is 67.0 Å². The summed E-state index contributed by atoms with van der Waals surface area (Å²) in [5.74, 6) is 0.627. The van der Waals surface area contributed by atoms with Gasteiger partial charge in [0, 0.05) is 4.88 Å². The predicted octanol–water partition coefficient (Wildman–Crippen LogP) is 2.57. The Morgan fingerprint density at radius 1 is 1.40 bits per heavy atom. The van der Waals surface area contributed by atoms with Crippen LogP contribution in [0.1, 0.15) is 41.9 Å². The number of rotatable bonds is 4. The van der Waals surface area contributed by atoms with Crippen molar-refractivity contribution in [2.24, 2.45) is 0 Å². The zero-order valence-electron chi connectivity index (χ0n) is 11.8. The largest absolute Gasteiger partial charge is 0.309 e. The minimum atomic E-state index is -0.0606. The molecule has 0 radical (unpaired) electrons. The van der Waals surface area contributed by atoms with E-state index in [1.165, 1.54) is 12.8 Å². The predicted molar refractivity (Wildman–Crippen MR) is 79.9 cm³/mol. The standard InChI is InChI=1S/C14H19N3O2S/c1-8-9(2)20-14-12(8)13(18)16-11(17-14)7-15-19-10-5-3-4-6-10/h10,15H,3-7H2,1-2H3,(H,16,17,18). The van der Waals surface area contributed by atoms with Gasteiger partial charge in [-0.05, 0) is 32.3 Å². The lowest BCUT2D eigenvalue weighted by Crippen LogP contribution is -2.24. The van der Waals surface area contributed by atoms with Gasteiger partial charge in [-0.2, -0.15) is 5.48 Å². The molecule has 0 aliphatic heterocycles. The Bertz CT molecular complexity index is 671. The summed E-state index contributed by atoms with van der Waals surface area (Å²) in [4.78, 5) is 27.0. The third kappa shape index (κ3) is 2.63. The van der Waals surface area contributed by atoms with Gasteiger partial charge >= 0.3 is 0 Å². The summed E-state index contributed by atoms with van der Waals surface area (Å²) < 4.78 is 0. The van der Waals surface area contributed by atoms with Gasteiger partial charge in [-0.3, -0.25) is 9.63 Å². The number of hydroxylamine groups is 1. The van der Waals surface area contributed by atoms with E-state index in [1.54, 1.807) is 11.3 Å². The molecule has 2 aromatic heterocycles. The Hall–Kier alpha value is -1.24. The molecule has 5 nitrogen and oxygen atoms in total. The van der Waals surface area contributed by atoms with Gasteiger partial charge in [0.25, 0.3) is 5.56 Å². The van der Waals surface area contributed by atoms with E-state index < -0.39 is 0 Å². The Kier molecular flexibility index (Phi) is 3.87. The lowest BCUT2D eigenvalue weighted by molar-refractivity contribution is -0.0254. The average Bonchev–Trinajstić information content (AvgIpc) is 2.99. The number of aromatic nitrogens is 2. The molecule has 0 bridgehead atoms. The Morgan fingerprint density at radius 3 is 2.90 bits per heavy atom. The van der Waals surface area contributed by atoms with Crippen LogP contribution in [0.4, 0.5) is 0 Å². The Morgan fingerprint density at radius 2 is 2.15 bits per heavy atom. The smallest absolute Gasteiger partial charge is 0.259 e. The molecule has 0 unspecified atom stereocenters. The normalized spacial score (nSPS) is 16.3. The molecular formula is C14H19N3O2S. The molecule has 0 atom stereocenters. The van der Waals surface area contributed by atoms with Crippen molar-refractivity contribution in [3.05, 3.63) is 26.6 Å². The van der Waals surface area contributed by atoms with Crippen molar-refractivity contribution in [3.63, 3.8) is 0 Å². The van der Waals surface area contributed by atoms with Crippen LogP contribution in [-0.2, 0) is 11.4 Å². The number of H-pyrrole nitrogens is 1. The molecule has 2 N–H and O–H groups in total. The molecular weight excluding hydrogens is 274 g/mol. The first-order valence-corrected chi connectivity index (χ1v) is 7.84. The van der Waals surface area contributed by atoms with E-state index in [-0.39, 0.29) is 5.56 Å². The monoisotopic (exact) mass is 293 g/mol. The van der Waals surface area contributed by atoms with Crippen LogP contribution < -0.4 is 11.0 Å². The van der Waals surface area contributed by atoms with Crippen LogP contribution in [-0.4, -0.2) is 16.1 Å². The van der Waals surface area contributed by atoms with E-state index in [4.69, 9.17) is 4.84 Å². The Balaban J connectivity index is 1.73. The van der Waals surface area contributed by atoms with Crippen molar-refractivity contribution in [1.82, 2.24) is 15.4 Å². The van der Waals surface area contributed by atoms with Crippen molar-refractivity contribution >= 4 is 21.6 Å². The van der Waals surface area contributed by atoms with Gasteiger partial charge in [-0.25, -0.2) is 4.98 Å². The molecule has 1 saturated carbocycles. The number of hydrogen-bond donors (Lipinski definition) is 2. The maximum atomic E-state index is 12.1. The van der Waals surface area contributed by atoms with Gasteiger partial charge in [0.15, 0.2) is 0 Å². The van der Waals surface area contributed by atoms with Crippen molar-refractivity contribution in [2.75, 3.05) is 0 Å². The summed E-state index contributed by atoms with van der Waals surface area (Å²) in [6, 6.07) is 0. The quantitative estimate of drug-likeness (QED) is 0.850. The zero-order chi connectivity index (χ0) is 14.1. The highest BCUT2D eigenvalue weighted by molar-refractivity contribution is 7.18. The molecule has 0 amide bonds. The number of fused-ring (bicyclic) bond motifs is 1. The van der Waals surface area contributed by atoms with E-state index in [2.05, 4.69) is 15.4 Å². The summed E-state index contributed by atoms with van der Waals surface area (Å²) in [7, 11) is 0. The lowest BCUT2D eigenvalue weighted by Gasteiger charge is -2.10. The molecule has 20 heavy (non-hydrogen) atoms. The second-order valence-corrected chi connectivity index (χ2v) is 6.52. The summed E-state index contributed by atoms with van der Waals surface area (Å²) in [5, 5.41) is 0.716. The van der Waals surface area contributed by atoms with E-state index in [9.17, 15) is 4.79 Å². The van der Waals surface area contributed by atoms with Crippen molar-refractivity contribution in [3.8, 4) is 0 Å². The number of thiophene rings is 1. The first-order chi connectivity index (χ1) is 9.65. The third-order valence-corrected chi connectivity index (χ3v) is 4.98. The molecule has 6 heteroatoms. The van der Waals surface area contributed by atoms with Crippen LogP contribution in [0.5, 0.6) is 0 Å². The third-order valence-electron chi connectivity index (χ3n) is 3.88. The van der Waals surface area contributed by atoms with E-state index >= 15 is 0 Å².